The molecule has 0 heterocycles. The van der Waals surface area contributed by atoms with E-state index in [0.29, 0.717) is 41.8 Å². The first-order valence-corrected chi connectivity index (χ1v) is 13.0. The Labute approximate surface area is 184 Å². The standard InChI is InChI=1S/C27H46O3/c1-16(2)7-6-8-17(3)20-9-10-21-25-22(15-24(30)27(20,21)5)26(4)12-11-19(28)13-18(26)14-23(25)29/h16-22,24-25,28,30H,6-15H2,1-5H3/t17-,18+,19-,20-,21+,22+,24+,25+,26+,27-/m1/s1. The molecule has 4 fully saturated rings. The van der Waals surface area contributed by atoms with Crippen molar-refractivity contribution in [3.63, 3.8) is 0 Å². The fourth-order valence-corrected chi connectivity index (χ4v) is 8.89. The molecular formula is C27H46O3. The highest BCUT2D eigenvalue weighted by Crippen LogP contribution is 2.67. The van der Waals surface area contributed by atoms with Gasteiger partial charge in [-0.2, -0.15) is 0 Å². The van der Waals surface area contributed by atoms with Crippen LogP contribution in [-0.4, -0.2) is 28.2 Å². The predicted octanol–water partition coefficient (Wildman–Crippen LogP) is 5.62. The molecule has 0 aliphatic heterocycles. The van der Waals surface area contributed by atoms with E-state index in [2.05, 4.69) is 34.6 Å². The van der Waals surface area contributed by atoms with Gasteiger partial charge in [0, 0.05) is 17.8 Å². The molecule has 4 saturated carbocycles. The first-order chi connectivity index (χ1) is 14.1. The van der Waals surface area contributed by atoms with E-state index in [1.54, 1.807) is 0 Å². The van der Waals surface area contributed by atoms with Gasteiger partial charge in [0.05, 0.1) is 12.2 Å². The van der Waals surface area contributed by atoms with Gasteiger partial charge in [0.1, 0.15) is 5.78 Å². The third-order valence-electron chi connectivity index (χ3n) is 10.7. The van der Waals surface area contributed by atoms with Gasteiger partial charge in [0.2, 0.25) is 0 Å². The molecule has 172 valence electrons. The van der Waals surface area contributed by atoms with Crippen molar-refractivity contribution in [2.45, 2.75) is 111 Å². The van der Waals surface area contributed by atoms with Crippen LogP contribution in [0.1, 0.15) is 98.8 Å². The van der Waals surface area contributed by atoms with Crippen molar-refractivity contribution >= 4 is 5.78 Å². The van der Waals surface area contributed by atoms with Gasteiger partial charge in [0.15, 0.2) is 0 Å². The van der Waals surface area contributed by atoms with Crippen LogP contribution in [0.4, 0.5) is 0 Å². The molecule has 4 aliphatic carbocycles. The molecule has 3 heteroatoms. The number of carbonyl (C=O) groups excluding carboxylic acids is 1. The van der Waals surface area contributed by atoms with E-state index in [1.165, 1.54) is 25.7 Å². The molecule has 0 aromatic heterocycles. The quantitative estimate of drug-likeness (QED) is 0.609. The Kier molecular flexibility index (Phi) is 6.21. The lowest BCUT2D eigenvalue weighted by molar-refractivity contribution is -0.182. The van der Waals surface area contributed by atoms with Crippen LogP contribution in [0, 0.1) is 52.3 Å². The Morgan fingerprint density at radius 1 is 1.00 bits per heavy atom. The Balaban J connectivity index is 1.56. The smallest absolute Gasteiger partial charge is 0.136 e. The average molecular weight is 419 g/mol. The fourth-order valence-electron chi connectivity index (χ4n) is 8.89. The summed E-state index contributed by atoms with van der Waals surface area (Å²) < 4.78 is 0. The molecule has 0 saturated heterocycles. The molecule has 0 radical (unpaired) electrons. The molecule has 2 N–H and O–H groups in total. The highest BCUT2D eigenvalue weighted by Gasteiger charge is 2.65. The van der Waals surface area contributed by atoms with Gasteiger partial charge in [0.25, 0.3) is 0 Å². The number of fused-ring (bicyclic) bond motifs is 5. The highest BCUT2D eigenvalue weighted by molar-refractivity contribution is 5.83. The van der Waals surface area contributed by atoms with Crippen LogP contribution < -0.4 is 0 Å². The largest absolute Gasteiger partial charge is 0.393 e. The van der Waals surface area contributed by atoms with Gasteiger partial charge < -0.3 is 10.2 Å². The first kappa shape index (κ1) is 22.8. The van der Waals surface area contributed by atoms with Crippen LogP contribution in [0.3, 0.4) is 0 Å². The van der Waals surface area contributed by atoms with E-state index >= 15 is 0 Å². The Morgan fingerprint density at radius 2 is 1.73 bits per heavy atom. The second-order valence-corrected chi connectivity index (χ2v) is 12.6. The lowest BCUT2D eigenvalue weighted by Crippen LogP contribution is -2.61. The minimum atomic E-state index is -0.293. The van der Waals surface area contributed by atoms with E-state index in [9.17, 15) is 15.0 Å². The fraction of sp³-hybridized carbons (Fsp3) is 0.963. The summed E-state index contributed by atoms with van der Waals surface area (Å²) in [7, 11) is 0. The predicted molar refractivity (Wildman–Crippen MR) is 121 cm³/mol. The zero-order valence-electron chi connectivity index (χ0n) is 20.1. The van der Waals surface area contributed by atoms with Crippen molar-refractivity contribution in [3.05, 3.63) is 0 Å². The summed E-state index contributed by atoms with van der Waals surface area (Å²) in [4.78, 5) is 13.5. The number of rotatable bonds is 5. The van der Waals surface area contributed by atoms with Crippen molar-refractivity contribution in [2.75, 3.05) is 0 Å². The first-order valence-electron chi connectivity index (χ1n) is 13.0. The molecule has 0 amide bonds. The van der Waals surface area contributed by atoms with Gasteiger partial charge >= 0.3 is 0 Å². The zero-order valence-corrected chi connectivity index (χ0v) is 20.1. The highest BCUT2D eigenvalue weighted by atomic mass is 16.3. The second kappa shape index (κ2) is 8.18. The molecule has 3 nitrogen and oxygen atoms in total. The van der Waals surface area contributed by atoms with Crippen LogP contribution in [0.5, 0.6) is 0 Å². The lowest BCUT2D eigenvalue weighted by Gasteiger charge is -2.61. The van der Waals surface area contributed by atoms with E-state index in [0.717, 1.165) is 38.0 Å². The number of Topliss-reactive ketones (excluding diaryl/α,β-unsaturated/α-hetero) is 1. The van der Waals surface area contributed by atoms with E-state index in [4.69, 9.17) is 0 Å². The summed E-state index contributed by atoms with van der Waals surface area (Å²) in [5.41, 5.74) is 0.00648. The molecule has 30 heavy (non-hydrogen) atoms. The maximum absolute atomic E-state index is 13.5. The summed E-state index contributed by atoms with van der Waals surface area (Å²) in [5.74, 6) is 3.47. The molecule has 10 atom stereocenters. The molecule has 0 spiro atoms. The molecule has 0 unspecified atom stereocenters. The van der Waals surface area contributed by atoms with E-state index < -0.39 is 0 Å². The number of aliphatic hydroxyl groups excluding tert-OH is 2. The van der Waals surface area contributed by atoms with Crippen molar-refractivity contribution in [3.8, 4) is 0 Å². The minimum absolute atomic E-state index is 0.106. The topological polar surface area (TPSA) is 57.5 Å². The van der Waals surface area contributed by atoms with Crippen LogP contribution in [0.25, 0.3) is 0 Å². The number of ketones is 1. The third-order valence-corrected chi connectivity index (χ3v) is 10.7. The SMILES string of the molecule is CC(C)CCC[C@@H](C)[C@H]1CC[C@H]2[C@@H]3C(=O)C[C@@H]4C[C@H](O)CC[C@]4(C)[C@H]3C[C@H](O)[C@]12C. The molecule has 0 aromatic carbocycles. The van der Waals surface area contributed by atoms with Crippen molar-refractivity contribution in [1.29, 1.82) is 0 Å². The minimum Gasteiger partial charge on any atom is -0.393 e. The summed E-state index contributed by atoms with van der Waals surface area (Å²) in [5, 5.41) is 21.8. The van der Waals surface area contributed by atoms with E-state index in [1.807, 2.05) is 0 Å². The summed E-state index contributed by atoms with van der Waals surface area (Å²) in [6, 6.07) is 0. The second-order valence-electron chi connectivity index (χ2n) is 12.6. The number of carbonyl (C=O) groups is 1. The number of aliphatic hydroxyl groups is 2. The monoisotopic (exact) mass is 418 g/mol. The van der Waals surface area contributed by atoms with Gasteiger partial charge in [-0.05, 0) is 79.4 Å². The average Bonchev–Trinajstić information content (AvgIpc) is 3.02. The van der Waals surface area contributed by atoms with Gasteiger partial charge in [-0.3, -0.25) is 4.79 Å². The normalized spacial score (nSPS) is 49.5. The van der Waals surface area contributed by atoms with E-state index in [-0.39, 0.29) is 29.0 Å². The molecular weight excluding hydrogens is 372 g/mol. The van der Waals surface area contributed by atoms with Crippen molar-refractivity contribution in [2.24, 2.45) is 52.3 Å². The van der Waals surface area contributed by atoms with Crippen LogP contribution in [-0.2, 0) is 4.79 Å². The number of hydrogen-bond donors (Lipinski definition) is 2. The van der Waals surface area contributed by atoms with Crippen molar-refractivity contribution in [1.82, 2.24) is 0 Å². The molecule has 0 bridgehead atoms. The summed E-state index contributed by atoms with van der Waals surface area (Å²) in [6.45, 7) is 11.7. The Hall–Kier alpha value is -0.410. The molecule has 4 aliphatic rings. The van der Waals surface area contributed by atoms with Crippen LogP contribution >= 0.6 is 0 Å². The summed E-state index contributed by atoms with van der Waals surface area (Å²) >= 11 is 0. The van der Waals surface area contributed by atoms with Crippen LogP contribution in [0.15, 0.2) is 0 Å². The molecule has 0 aromatic rings. The Bertz CT molecular complexity index is 644. The van der Waals surface area contributed by atoms with Crippen molar-refractivity contribution < 1.29 is 15.0 Å². The maximum Gasteiger partial charge on any atom is 0.136 e. The van der Waals surface area contributed by atoms with Gasteiger partial charge in [-0.15, -0.1) is 0 Å². The third kappa shape index (κ3) is 3.51. The summed E-state index contributed by atoms with van der Waals surface area (Å²) in [6.07, 6.45) is 9.67. The maximum atomic E-state index is 13.5. The van der Waals surface area contributed by atoms with Gasteiger partial charge in [-0.1, -0.05) is 53.9 Å². The zero-order chi connectivity index (χ0) is 21.8. The van der Waals surface area contributed by atoms with Crippen LogP contribution in [0.2, 0.25) is 0 Å². The molecule has 4 rings (SSSR count). The Morgan fingerprint density at radius 3 is 2.43 bits per heavy atom. The van der Waals surface area contributed by atoms with Gasteiger partial charge in [-0.25, -0.2) is 0 Å². The lowest BCUT2D eigenvalue weighted by atomic mass is 9.43. The number of hydrogen-bond acceptors (Lipinski definition) is 3.